The van der Waals surface area contributed by atoms with E-state index in [-0.39, 0.29) is 22.6 Å². The number of esters is 3. The Labute approximate surface area is 212 Å². The van der Waals surface area contributed by atoms with Crippen molar-refractivity contribution in [3.8, 4) is 17.2 Å². The standard InChI is InChI=1S/C30H32O6/c1-9-10-21(8)27(22-11-14-24(15-12-22)34-28(31)18(2)3)23-13-16-25(35-29(32)19(4)5)26(17-23)36-30(33)20(6)7/h11-17H,2,4,6,9-10H2,1,3,5,7-8H3. The molecular formula is C30H32O6. The molecule has 0 heterocycles. The van der Waals surface area contributed by atoms with Crippen molar-refractivity contribution in [3.63, 3.8) is 0 Å². The normalized spacial score (nSPS) is 11.1. The van der Waals surface area contributed by atoms with E-state index in [1.54, 1.807) is 37.3 Å². The first kappa shape index (κ1) is 28.1. The molecule has 0 aliphatic heterocycles. The fourth-order valence-electron chi connectivity index (χ4n) is 3.24. The quantitative estimate of drug-likeness (QED) is 0.209. The Morgan fingerprint density at radius 3 is 1.64 bits per heavy atom. The number of rotatable bonds is 10. The van der Waals surface area contributed by atoms with Gasteiger partial charge in [-0.05, 0) is 75.1 Å². The van der Waals surface area contributed by atoms with Crippen LogP contribution in [0.15, 0.2) is 84.5 Å². The summed E-state index contributed by atoms with van der Waals surface area (Å²) in [4.78, 5) is 36.3. The lowest BCUT2D eigenvalue weighted by atomic mass is 9.91. The molecule has 0 aliphatic carbocycles. The van der Waals surface area contributed by atoms with Gasteiger partial charge < -0.3 is 14.2 Å². The summed E-state index contributed by atoms with van der Waals surface area (Å²) in [6, 6.07) is 12.2. The van der Waals surface area contributed by atoms with Gasteiger partial charge in [0.2, 0.25) is 0 Å². The summed E-state index contributed by atoms with van der Waals surface area (Å²) in [5.41, 5.74) is 4.38. The molecule has 6 heteroatoms. The van der Waals surface area contributed by atoms with E-state index in [9.17, 15) is 14.4 Å². The molecular weight excluding hydrogens is 456 g/mol. The first-order valence-corrected chi connectivity index (χ1v) is 11.5. The maximum atomic E-state index is 12.3. The highest BCUT2D eigenvalue weighted by Gasteiger charge is 2.18. The van der Waals surface area contributed by atoms with Crippen molar-refractivity contribution in [2.24, 2.45) is 0 Å². The minimum atomic E-state index is -0.640. The van der Waals surface area contributed by atoms with Crippen molar-refractivity contribution >= 4 is 23.5 Å². The number of carbonyl (C=O) groups excluding carboxylic acids is 3. The second-order valence-corrected chi connectivity index (χ2v) is 8.60. The van der Waals surface area contributed by atoms with Gasteiger partial charge in [0, 0.05) is 16.7 Å². The summed E-state index contributed by atoms with van der Waals surface area (Å²) in [5, 5.41) is 0. The zero-order valence-electron chi connectivity index (χ0n) is 21.5. The van der Waals surface area contributed by atoms with E-state index >= 15 is 0 Å². The van der Waals surface area contributed by atoms with Crippen molar-refractivity contribution in [2.75, 3.05) is 0 Å². The average Bonchev–Trinajstić information content (AvgIpc) is 2.81. The highest BCUT2D eigenvalue weighted by atomic mass is 16.6. The number of ether oxygens (including phenoxy) is 3. The highest BCUT2D eigenvalue weighted by molar-refractivity contribution is 5.92. The van der Waals surface area contributed by atoms with Gasteiger partial charge in [-0.2, -0.15) is 0 Å². The van der Waals surface area contributed by atoms with E-state index in [0.717, 1.165) is 35.1 Å². The lowest BCUT2D eigenvalue weighted by molar-refractivity contribution is -0.132. The number of carbonyl (C=O) groups is 3. The first-order valence-electron chi connectivity index (χ1n) is 11.5. The topological polar surface area (TPSA) is 78.9 Å². The van der Waals surface area contributed by atoms with Crippen LogP contribution in [0.25, 0.3) is 5.57 Å². The second kappa shape index (κ2) is 12.5. The lowest BCUT2D eigenvalue weighted by Gasteiger charge is -2.17. The molecule has 0 unspecified atom stereocenters. The van der Waals surface area contributed by atoms with Crippen LogP contribution in [0.1, 0.15) is 58.6 Å². The summed E-state index contributed by atoms with van der Waals surface area (Å²) < 4.78 is 16.2. The molecule has 0 aromatic heterocycles. The molecule has 0 saturated heterocycles. The summed E-state index contributed by atoms with van der Waals surface area (Å²) >= 11 is 0. The smallest absolute Gasteiger partial charge is 0.338 e. The van der Waals surface area contributed by atoms with Crippen LogP contribution in [0.2, 0.25) is 0 Å². The highest BCUT2D eigenvalue weighted by Crippen LogP contribution is 2.36. The van der Waals surface area contributed by atoms with Gasteiger partial charge in [-0.3, -0.25) is 0 Å². The fourth-order valence-corrected chi connectivity index (χ4v) is 3.24. The van der Waals surface area contributed by atoms with Gasteiger partial charge in [-0.15, -0.1) is 0 Å². The molecule has 6 nitrogen and oxygen atoms in total. The molecule has 2 aromatic rings. The van der Waals surface area contributed by atoms with Crippen LogP contribution < -0.4 is 14.2 Å². The molecule has 2 aromatic carbocycles. The molecule has 0 N–H and O–H groups in total. The molecule has 0 aliphatic rings. The average molecular weight is 489 g/mol. The zero-order valence-corrected chi connectivity index (χ0v) is 21.5. The van der Waals surface area contributed by atoms with Gasteiger partial charge in [0.05, 0.1) is 0 Å². The predicted molar refractivity (Wildman–Crippen MR) is 141 cm³/mol. The Balaban J connectivity index is 2.59. The van der Waals surface area contributed by atoms with Crippen LogP contribution in [0, 0.1) is 0 Å². The molecule has 0 fully saturated rings. The summed E-state index contributed by atoms with van der Waals surface area (Å²) in [5.74, 6) is -1.19. The SMILES string of the molecule is C=C(C)C(=O)Oc1ccc(C(=C(C)CCC)c2ccc(OC(=O)C(=C)C)c(OC(=O)C(=C)C)c2)cc1. The third kappa shape index (κ3) is 7.40. The lowest BCUT2D eigenvalue weighted by Crippen LogP contribution is -2.13. The van der Waals surface area contributed by atoms with E-state index in [1.807, 2.05) is 19.1 Å². The van der Waals surface area contributed by atoms with E-state index in [0.29, 0.717) is 11.3 Å². The Hall–Kier alpha value is -4.19. The molecule has 0 atom stereocenters. The van der Waals surface area contributed by atoms with Gasteiger partial charge in [-0.1, -0.05) is 56.9 Å². The predicted octanol–water partition coefficient (Wildman–Crippen LogP) is 6.75. The molecule has 2 rings (SSSR count). The van der Waals surface area contributed by atoms with Gasteiger partial charge in [0.1, 0.15) is 5.75 Å². The minimum Gasteiger partial charge on any atom is -0.423 e. The van der Waals surface area contributed by atoms with Crippen LogP contribution in [0.5, 0.6) is 17.2 Å². The minimum absolute atomic E-state index is 0.0870. The van der Waals surface area contributed by atoms with Crippen LogP contribution in [-0.4, -0.2) is 17.9 Å². The van der Waals surface area contributed by atoms with Gasteiger partial charge in [0.25, 0.3) is 0 Å². The van der Waals surface area contributed by atoms with E-state index in [2.05, 4.69) is 26.7 Å². The number of allylic oxidation sites excluding steroid dienone is 1. The molecule has 0 amide bonds. The van der Waals surface area contributed by atoms with Crippen LogP contribution in [0.4, 0.5) is 0 Å². The van der Waals surface area contributed by atoms with Crippen LogP contribution in [-0.2, 0) is 14.4 Å². The molecule has 0 radical (unpaired) electrons. The third-order valence-corrected chi connectivity index (χ3v) is 5.09. The molecule has 0 saturated carbocycles. The van der Waals surface area contributed by atoms with E-state index in [4.69, 9.17) is 14.2 Å². The van der Waals surface area contributed by atoms with Crippen molar-refractivity contribution in [1.82, 2.24) is 0 Å². The monoisotopic (exact) mass is 488 g/mol. The van der Waals surface area contributed by atoms with Crippen molar-refractivity contribution < 1.29 is 28.6 Å². The number of benzene rings is 2. The van der Waals surface area contributed by atoms with Crippen LogP contribution in [0.3, 0.4) is 0 Å². The second-order valence-electron chi connectivity index (χ2n) is 8.60. The zero-order chi connectivity index (χ0) is 27.0. The van der Waals surface area contributed by atoms with Crippen LogP contribution >= 0.6 is 0 Å². The van der Waals surface area contributed by atoms with Gasteiger partial charge in [0.15, 0.2) is 11.5 Å². The maximum absolute atomic E-state index is 12.3. The van der Waals surface area contributed by atoms with Crippen molar-refractivity contribution in [1.29, 1.82) is 0 Å². The molecule has 36 heavy (non-hydrogen) atoms. The van der Waals surface area contributed by atoms with Crippen molar-refractivity contribution in [2.45, 2.75) is 47.5 Å². The molecule has 188 valence electrons. The molecule has 0 spiro atoms. The third-order valence-electron chi connectivity index (χ3n) is 5.09. The summed E-state index contributed by atoms with van der Waals surface area (Å²) in [6.45, 7) is 19.6. The Kier molecular flexibility index (Phi) is 9.74. The fraction of sp³-hybridized carbons (Fsp3) is 0.233. The Morgan fingerprint density at radius 1 is 0.667 bits per heavy atom. The molecule has 0 bridgehead atoms. The Morgan fingerprint density at radius 2 is 1.14 bits per heavy atom. The largest absolute Gasteiger partial charge is 0.423 e. The Bertz CT molecular complexity index is 1240. The number of hydrogen-bond donors (Lipinski definition) is 0. The van der Waals surface area contributed by atoms with Gasteiger partial charge >= 0.3 is 17.9 Å². The maximum Gasteiger partial charge on any atom is 0.338 e. The number of hydrogen-bond acceptors (Lipinski definition) is 6. The van der Waals surface area contributed by atoms with Crippen molar-refractivity contribution in [3.05, 3.63) is 95.6 Å². The van der Waals surface area contributed by atoms with E-state index < -0.39 is 17.9 Å². The summed E-state index contributed by atoms with van der Waals surface area (Å²) in [7, 11) is 0. The van der Waals surface area contributed by atoms with E-state index in [1.165, 1.54) is 13.8 Å². The summed E-state index contributed by atoms with van der Waals surface area (Å²) in [6.07, 6.45) is 1.75. The first-order chi connectivity index (χ1) is 16.9. The van der Waals surface area contributed by atoms with Gasteiger partial charge in [-0.25, -0.2) is 14.4 Å².